The van der Waals surface area contributed by atoms with Gasteiger partial charge in [-0.1, -0.05) is 41.5 Å². The van der Waals surface area contributed by atoms with Crippen LogP contribution in [0.1, 0.15) is 48.0 Å². The summed E-state index contributed by atoms with van der Waals surface area (Å²) in [6.07, 6.45) is 0.278. The Labute approximate surface area is 104 Å². The van der Waals surface area contributed by atoms with Crippen molar-refractivity contribution in [3.05, 3.63) is 0 Å². The zero-order chi connectivity index (χ0) is 14.6. The van der Waals surface area contributed by atoms with Gasteiger partial charge in [0.25, 0.3) is 0 Å². The SMILES string of the molecule is CC.CC(C)CC(=O)O.CC(C)[C@H](N)C(=O)O. The summed E-state index contributed by atoms with van der Waals surface area (Å²) >= 11 is 0. The van der Waals surface area contributed by atoms with Crippen molar-refractivity contribution in [1.29, 1.82) is 0 Å². The van der Waals surface area contributed by atoms with Gasteiger partial charge in [0.15, 0.2) is 0 Å². The molecule has 4 N–H and O–H groups in total. The highest BCUT2D eigenvalue weighted by Gasteiger charge is 2.14. The average molecular weight is 249 g/mol. The molecule has 0 radical (unpaired) electrons. The number of aliphatic carboxylic acids is 2. The van der Waals surface area contributed by atoms with Gasteiger partial charge in [-0.15, -0.1) is 0 Å². The van der Waals surface area contributed by atoms with Gasteiger partial charge >= 0.3 is 11.9 Å². The highest BCUT2D eigenvalue weighted by Crippen LogP contribution is 1.97. The maximum Gasteiger partial charge on any atom is 0.320 e. The maximum absolute atomic E-state index is 10.0. The smallest absolute Gasteiger partial charge is 0.320 e. The topological polar surface area (TPSA) is 101 Å². The lowest BCUT2D eigenvalue weighted by molar-refractivity contribution is -0.140. The van der Waals surface area contributed by atoms with Crippen LogP contribution in [0.25, 0.3) is 0 Å². The minimum absolute atomic E-state index is 0.0208. The Morgan fingerprint density at radius 2 is 1.41 bits per heavy atom. The second kappa shape index (κ2) is 13.0. The third kappa shape index (κ3) is 20.9. The Morgan fingerprint density at radius 3 is 1.41 bits per heavy atom. The number of carboxylic acid groups (broad SMARTS) is 2. The molecule has 0 spiro atoms. The molecule has 0 bridgehead atoms. The molecule has 0 aromatic heterocycles. The van der Waals surface area contributed by atoms with Crippen molar-refractivity contribution in [2.24, 2.45) is 17.6 Å². The summed E-state index contributed by atoms with van der Waals surface area (Å²) in [5, 5.41) is 16.3. The van der Waals surface area contributed by atoms with Gasteiger partial charge in [-0.3, -0.25) is 9.59 Å². The van der Waals surface area contributed by atoms with E-state index in [1.165, 1.54) is 0 Å². The van der Waals surface area contributed by atoms with E-state index in [1.807, 2.05) is 27.7 Å². The van der Waals surface area contributed by atoms with Crippen molar-refractivity contribution in [2.75, 3.05) is 0 Å². The minimum Gasteiger partial charge on any atom is -0.481 e. The lowest BCUT2D eigenvalue weighted by Crippen LogP contribution is -2.34. The van der Waals surface area contributed by atoms with Gasteiger partial charge in [0.05, 0.1) is 0 Å². The normalized spacial score (nSPS) is 10.9. The van der Waals surface area contributed by atoms with Crippen LogP contribution < -0.4 is 5.73 Å². The van der Waals surface area contributed by atoms with Gasteiger partial charge in [-0.2, -0.15) is 0 Å². The molecule has 0 amide bonds. The molecule has 5 heteroatoms. The highest BCUT2D eigenvalue weighted by atomic mass is 16.4. The Balaban J connectivity index is -0.000000202. The molecular formula is C12H27NO4. The van der Waals surface area contributed by atoms with Crippen LogP contribution in [0.5, 0.6) is 0 Å². The van der Waals surface area contributed by atoms with Crippen molar-refractivity contribution in [2.45, 2.75) is 54.0 Å². The van der Waals surface area contributed by atoms with Crippen LogP contribution >= 0.6 is 0 Å². The van der Waals surface area contributed by atoms with E-state index in [0.717, 1.165) is 0 Å². The van der Waals surface area contributed by atoms with E-state index in [4.69, 9.17) is 15.9 Å². The van der Waals surface area contributed by atoms with Crippen LogP contribution in [0.4, 0.5) is 0 Å². The van der Waals surface area contributed by atoms with Gasteiger partial charge in [-0.05, 0) is 11.8 Å². The van der Waals surface area contributed by atoms with Crippen LogP contribution in [0.3, 0.4) is 0 Å². The third-order valence-electron chi connectivity index (χ3n) is 1.59. The van der Waals surface area contributed by atoms with Crippen LogP contribution in [0, 0.1) is 11.8 Å². The molecule has 0 aromatic carbocycles. The zero-order valence-electron chi connectivity index (χ0n) is 11.7. The van der Waals surface area contributed by atoms with E-state index in [2.05, 4.69) is 0 Å². The molecule has 1 atom stereocenters. The molecule has 0 unspecified atom stereocenters. The average Bonchev–Trinajstić information content (AvgIpc) is 2.18. The summed E-state index contributed by atoms with van der Waals surface area (Å²) in [6, 6.07) is -0.713. The molecule has 0 fully saturated rings. The quantitative estimate of drug-likeness (QED) is 0.709. The van der Waals surface area contributed by atoms with Gasteiger partial charge in [-0.25, -0.2) is 0 Å². The monoisotopic (exact) mass is 249 g/mol. The lowest BCUT2D eigenvalue weighted by atomic mass is 10.1. The van der Waals surface area contributed by atoms with Crippen molar-refractivity contribution in [3.63, 3.8) is 0 Å². The fourth-order valence-corrected chi connectivity index (χ4v) is 0.634. The number of carboxylic acids is 2. The molecule has 0 aliphatic heterocycles. The van der Waals surface area contributed by atoms with Gasteiger partial charge in [0.2, 0.25) is 0 Å². The first kappa shape index (κ1) is 21.2. The first-order chi connectivity index (χ1) is 7.68. The standard InChI is InChI=1S/C5H11NO2.C5H10O2.C2H6/c1-3(2)4(6)5(7)8;1-4(2)3-5(6)7;1-2/h3-4H,6H2,1-2H3,(H,7,8);4H,3H2,1-2H3,(H,6,7);1-2H3/t4-;;/m0../s1. The van der Waals surface area contributed by atoms with Crippen molar-refractivity contribution < 1.29 is 19.8 Å². The first-order valence-corrected chi connectivity index (χ1v) is 5.88. The number of hydrogen-bond acceptors (Lipinski definition) is 3. The Kier molecular flexibility index (Phi) is 16.2. The number of hydrogen-bond donors (Lipinski definition) is 3. The van der Waals surface area contributed by atoms with Crippen molar-refractivity contribution in [3.8, 4) is 0 Å². The fraction of sp³-hybridized carbons (Fsp3) is 0.833. The van der Waals surface area contributed by atoms with Crippen LogP contribution in [-0.4, -0.2) is 28.2 Å². The zero-order valence-corrected chi connectivity index (χ0v) is 11.7. The van der Waals surface area contributed by atoms with Gasteiger partial charge in [0, 0.05) is 6.42 Å². The summed E-state index contributed by atoms with van der Waals surface area (Å²) < 4.78 is 0. The fourth-order valence-electron chi connectivity index (χ4n) is 0.634. The highest BCUT2D eigenvalue weighted by molar-refractivity contribution is 5.73. The molecule has 0 aliphatic carbocycles. The molecule has 0 aromatic rings. The predicted molar refractivity (Wildman–Crippen MR) is 68.9 cm³/mol. The molecular weight excluding hydrogens is 222 g/mol. The maximum atomic E-state index is 10.0. The Hall–Kier alpha value is -1.10. The molecule has 0 rings (SSSR count). The minimum atomic E-state index is -0.931. The summed E-state index contributed by atoms with van der Waals surface area (Å²) in [5.41, 5.74) is 5.16. The summed E-state index contributed by atoms with van der Waals surface area (Å²) in [4.78, 5) is 19.8. The van der Waals surface area contributed by atoms with Gasteiger partial charge in [0.1, 0.15) is 6.04 Å². The van der Waals surface area contributed by atoms with Crippen LogP contribution in [0.15, 0.2) is 0 Å². The summed E-state index contributed by atoms with van der Waals surface area (Å²) in [5.74, 6) is -1.35. The second-order valence-electron chi connectivity index (χ2n) is 4.10. The molecule has 0 aliphatic rings. The van der Waals surface area contributed by atoms with Crippen LogP contribution in [0.2, 0.25) is 0 Å². The van der Waals surface area contributed by atoms with Gasteiger partial charge < -0.3 is 15.9 Å². The summed E-state index contributed by atoms with van der Waals surface area (Å²) in [7, 11) is 0. The van der Waals surface area contributed by atoms with Crippen molar-refractivity contribution in [1.82, 2.24) is 0 Å². The van der Waals surface area contributed by atoms with E-state index in [1.54, 1.807) is 13.8 Å². The number of carbonyl (C=O) groups is 2. The molecule has 104 valence electrons. The lowest BCUT2D eigenvalue weighted by Gasteiger charge is -2.07. The third-order valence-corrected chi connectivity index (χ3v) is 1.59. The van der Waals surface area contributed by atoms with E-state index in [0.29, 0.717) is 0 Å². The van der Waals surface area contributed by atoms with Crippen molar-refractivity contribution >= 4 is 11.9 Å². The summed E-state index contributed by atoms with van der Waals surface area (Å²) in [6.45, 7) is 11.3. The number of rotatable bonds is 4. The molecule has 0 saturated carbocycles. The Morgan fingerprint density at radius 1 is 1.06 bits per heavy atom. The van der Waals surface area contributed by atoms with E-state index in [9.17, 15) is 9.59 Å². The molecule has 5 nitrogen and oxygen atoms in total. The van der Waals surface area contributed by atoms with E-state index < -0.39 is 18.0 Å². The van der Waals surface area contributed by atoms with E-state index in [-0.39, 0.29) is 18.3 Å². The molecule has 0 saturated heterocycles. The van der Waals surface area contributed by atoms with Crippen LogP contribution in [-0.2, 0) is 9.59 Å². The predicted octanol–water partition coefficient (Wildman–Crippen LogP) is 2.20. The molecule has 17 heavy (non-hydrogen) atoms. The largest absolute Gasteiger partial charge is 0.481 e. The first-order valence-electron chi connectivity index (χ1n) is 5.88. The Bertz CT molecular complexity index is 203. The molecule has 0 heterocycles. The van der Waals surface area contributed by atoms with E-state index >= 15 is 0 Å². The second-order valence-corrected chi connectivity index (χ2v) is 4.10. The number of nitrogens with two attached hydrogens (primary N) is 1.